The van der Waals surface area contributed by atoms with Gasteiger partial charge in [0.05, 0.1) is 31.1 Å². The molecule has 2 saturated carbocycles. The second-order valence-electron chi connectivity index (χ2n) is 10.6. The van der Waals surface area contributed by atoms with Gasteiger partial charge in [0.2, 0.25) is 10.0 Å². The smallest absolute Gasteiger partial charge is 0.233 e. The average Bonchev–Trinajstić information content (AvgIpc) is 3.65. The highest BCUT2D eigenvalue weighted by Crippen LogP contribution is 2.51. The number of aliphatic hydroxyl groups is 1. The van der Waals surface area contributed by atoms with E-state index in [1.54, 1.807) is 48.6 Å². The summed E-state index contributed by atoms with van der Waals surface area (Å²) in [5.41, 5.74) is 2.24. The van der Waals surface area contributed by atoms with Gasteiger partial charge in [0, 0.05) is 17.0 Å². The zero-order chi connectivity index (χ0) is 29.5. The number of halogens is 3. The number of nitrogens with two attached hydrogens (primary N) is 1. The molecular formula is C30H29Cl3N2O5S. The molecule has 1 heterocycles. The number of nitrogens with zero attached hydrogens (tertiary/aromatic N) is 1. The Balaban J connectivity index is 1.27. The first-order valence-electron chi connectivity index (χ1n) is 13.0. The van der Waals surface area contributed by atoms with Gasteiger partial charge in [-0.15, -0.1) is 0 Å². The van der Waals surface area contributed by atoms with E-state index in [0.29, 0.717) is 56.4 Å². The van der Waals surface area contributed by atoms with Gasteiger partial charge in [0.15, 0.2) is 0 Å². The lowest BCUT2D eigenvalue weighted by molar-refractivity contribution is -0.0672. The Morgan fingerprint density at radius 3 is 2.49 bits per heavy atom. The van der Waals surface area contributed by atoms with Gasteiger partial charge >= 0.3 is 0 Å². The molecule has 2 aromatic carbocycles. The predicted molar refractivity (Wildman–Crippen MR) is 161 cm³/mol. The predicted octanol–water partition coefficient (Wildman–Crippen LogP) is 7.66. The third kappa shape index (κ3) is 6.43. The van der Waals surface area contributed by atoms with E-state index in [0.717, 1.165) is 29.7 Å². The van der Waals surface area contributed by atoms with Crippen molar-refractivity contribution in [3.63, 3.8) is 0 Å². The number of sulfonamides is 1. The molecule has 0 radical (unpaired) electrons. The van der Waals surface area contributed by atoms with E-state index in [-0.39, 0.29) is 17.4 Å². The largest absolute Gasteiger partial charge is 0.489 e. The fourth-order valence-electron chi connectivity index (χ4n) is 4.94. The number of hydrogen-bond donors (Lipinski definition) is 2. The first kappa shape index (κ1) is 29.9. The summed E-state index contributed by atoms with van der Waals surface area (Å²) in [5.74, 6) is 1.62. The van der Waals surface area contributed by atoms with Crippen molar-refractivity contribution in [3.05, 3.63) is 104 Å². The SMILES string of the molecule is C=C(/C=C\C=C(/C)S(N)(=O)=O)[C@H]1C[C@](O)(c2ccc(OCc3c(-c4c(Cl)cccc4Cl)noc3C3CC3)cc2Cl)C1. The van der Waals surface area contributed by atoms with E-state index < -0.39 is 15.6 Å². The van der Waals surface area contributed by atoms with Crippen molar-refractivity contribution >= 4 is 44.8 Å². The van der Waals surface area contributed by atoms with Crippen LogP contribution in [0.25, 0.3) is 11.3 Å². The van der Waals surface area contributed by atoms with E-state index in [9.17, 15) is 13.5 Å². The molecule has 0 atom stereocenters. The summed E-state index contributed by atoms with van der Waals surface area (Å²) in [4.78, 5) is 0.0532. The van der Waals surface area contributed by atoms with Crippen LogP contribution >= 0.6 is 34.8 Å². The van der Waals surface area contributed by atoms with Crippen molar-refractivity contribution in [2.24, 2.45) is 11.1 Å². The van der Waals surface area contributed by atoms with Gasteiger partial charge in [-0.05, 0) is 68.9 Å². The van der Waals surface area contributed by atoms with Crippen LogP contribution in [0.4, 0.5) is 0 Å². The van der Waals surface area contributed by atoms with Gasteiger partial charge in [-0.2, -0.15) is 0 Å². The Morgan fingerprint density at radius 2 is 1.88 bits per heavy atom. The first-order chi connectivity index (χ1) is 19.4. The van der Waals surface area contributed by atoms with Gasteiger partial charge < -0.3 is 14.4 Å². The number of benzene rings is 2. The minimum absolute atomic E-state index is 0.0240. The van der Waals surface area contributed by atoms with Gasteiger partial charge in [-0.3, -0.25) is 0 Å². The van der Waals surface area contributed by atoms with E-state index in [4.69, 9.17) is 49.2 Å². The Kier molecular flexibility index (Phi) is 8.45. The van der Waals surface area contributed by atoms with Crippen LogP contribution in [0.3, 0.4) is 0 Å². The molecular weight excluding hydrogens is 607 g/mol. The van der Waals surface area contributed by atoms with Crippen molar-refractivity contribution in [3.8, 4) is 17.0 Å². The molecule has 0 saturated heterocycles. The second-order valence-corrected chi connectivity index (χ2v) is 13.5. The summed E-state index contributed by atoms with van der Waals surface area (Å²) in [7, 11) is -3.72. The van der Waals surface area contributed by atoms with Crippen LogP contribution < -0.4 is 9.88 Å². The maximum absolute atomic E-state index is 11.3. The summed E-state index contributed by atoms with van der Waals surface area (Å²) < 4.78 is 34.5. The number of hydrogen-bond acceptors (Lipinski definition) is 6. The molecule has 2 aliphatic carbocycles. The van der Waals surface area contributed by atoms with Crippen LogP contribution in [-0.4, -0.2) is 18.7 Å². The highest BCUT2D eigenvalue weighted by molar-refractivity contribution is 7.93. The van der Waals surface area contributed by atoms with Crippen LogP contribution in [0.2, 0.25) is 15.1 Å². The minimum Gasteiger partial charge on any atom is -0.489 e. The summed E-state index contributed by atoms with van der Waals surface area (Å²) in [6.07, 6.45) is 7.64. The van der Waals surface area contributed by atoms with E-state index >= 15 is 0 Å². The molecule has 5 rings (SSSR count). The van der Waals surface area contributed by atoms with E-state index in [2.05, 4.69) is 11.7 Å². The van der Waals surface area contributed by atoms with Crippen molar-refractivity contribution < 1.29 is 22.8 Å². The summed E-state index contributed by atoms with van der Waals surface area (Å²) >= 11 is 19.5. The fourth-order valence-corrected chi connectivity index (χ4v) is 6.13. The number of aromatic nitrogens is 1. The quantitative estimate of drug-likeness (QED) is 0.221. The number of primary sulfonamides is 1. The molecule has 11 heteroatoms. The van der Waals surface area contributed by atoms with Crippen molar-refractivity contribution in [1.29, 1.82) is 0 Å². The van der Waals surface area contributed by atoms with E-state index in [1.807, 2.05) is 0 Å². The standard InChI is InChI=1S/C30H29Cl3N2O5S/c1-17(5-3-6-18(2)41(34,37)38)20-14-30(36,15-20)23-12-11-21(13-26(23)33)39-16-22-28(35-40-29(22)19-9-10-19)27-24(31)7-4-8-25(27)32/h3-8,11-13,19-20,36H,1,9-10,14-16H2,2H3,(H2,34,37,38)/b5-3-,18-6+/t20-,30+. The van der Waals surface area contributed by atoms with Gasteiger partial charge in [0.1, 0.15) is 23.8 Å². The zero-order valence-electron chi connectivity index (χ0n) is 22.2. The summed E-state index contributed by atoms with van der Waals surface area (Å²) in [6.45, 7) is 5.66. The molecule has 2 fully saturated rings. The van der Waals surface area contributed by atoms with Crippen LogP contribution in [-0.2, 0) is 22.2 Å². The normalized spacial score (nSPS) is 21.2. The molecule has 0 bridgehead atoms. The monoisotopic (exact) mass is 634 g/mol. The molecule has 216 valence electrons. The lowest BCUT2D eigenvalue weighted by Gasteiger charge is -2.45. The molecule has 0 amide bonds. The molecule has 0 unspecified atom stereocenters. The minimum atomic E-state index is -3.72. The van der Waals surface area contributed by atoms with Crippen molar-refractivity contribution in [2.45, 2.75) is 50.7 Å². The highest BCUT2D eigenvalue weighted by Gasteiger charge is 2.45. The first-order valence-corrected chi connectivity index (χ1v) is 15.7. The molecule has 2 aliphatic rings. The number of allylic oxidation sites excluding steroid dienone is 5. The van der Waals surface area contributed by atoms with Crippen LogP contribution in [0.1, 0.15) is 55.4 Å². The van der Waals surface area contributed by atoms with Crippen LogP contribution in [0, 0.1) is 5.92 Å². The number of rotatable bonds is 10. The lowest BCUT2D eigenvalue weighted by atomic mass is 9.65. The van der Waals surface area contributed by atoms with Crippen LogP contribution in [0.5, 0.6) is 5.75 Å². The van der Waals surface area contributed by atoms with Crippen LogP contribution in [0.15, 0.2) is 76.2 Å². The molecule has 3 N–H and O–H groups in total. The maximum Gasteiger partial charge on any atom is 0.233 e. The lowest BCUT2D eigenvalue weighted by Crippen LogP contribution is -2.41. The zero-order valence-corrected chi connectivity index (χ0v) is 25.3. The third-order valence-corrected chi connectivity index (χ3v) is 9.55. The molecule has 0 aliphatic heterocycles. The Bertz CT molecular complexity index is 1650. The molecule has 0 spiro atoms. The fraction of sp³-hybridized carbons (Fsp3) is 0.300. The second kappa shape index (κ2) is 11.6. The number of ether oxygens (including phenoxy) is 1. The molecule has 7 nitrogen and oxygen atoms in total. The third-order valence-electron chi connectivity index (χ3n) is 7.57. The maximum atomic E-state index is 11.3. The average molecular weight is 636 g/mol. The summed E-state index contributed by atoms with van der Waals surface area (Å²) in [6, 6.07) is 10.5. The Hall–Kier alpha value is -2.59. The van der Waals surface area contributed by atoms with Gasteiger partial charge in [-0.25, -0.2) is 13.6 Å². The van der Waals surface area contributed by atoms with E-state index in [1.165, 1.54) is 13.0 Å². The highest BCUT2D eigenvalue weighted by atomic mass is 35.5. The van der Waals surface area contributed by atoms with Crippen molar-refractivity contribution in [2.75, 3.05) is 0 Å². The topological polar surface area (TPSA) is 116 Å². The molecule has 1 aromatic heterocycles. The summed E-state index contributed by atoms with van der Waals surface area (Å²) in [5, 5.41) is 22.0. The van der Waals surface area contributed by atoms with Gasteiger partial charge in [0.25, 0.3) is 0 Å². The molecule has 3 aromatic rings. The molecule has 41 heavy (non-hydrogen) atoms. The van der Waals surface area contributed by atoms with Gasteiger partial charge in [-0.1, -0.05) is 76.4 Å². The Morgan fingerprint density at radius 1 is 1.20 bits per heavy atom. The Labute approximate surface area is 254 Å². The van der Waals surface area contributed by atoms with Crippen molar-refractivity contribution in [1.82, 2.24) is 5.16 Å².